The highest BCUT2D eigenvalue weighted by Crippen LogP contribution is 2.33. The lowest BCUT2D eigenvalue weighted by molar-refractivity contribution is -0.0436. The first-order valence-electron chi connectivity index (χ1n) is 6.74. The van der Waals surface area contributed by atoms with Gasteiger partial charge in [-0.25, -0.2) is 0 Å². The molecule has 0 amide bonds. The third-order valence-electron chi connectivity index (χ3n) is 3.70. The Kier molecular flexibility index (Phi) is 3.15. The number of hydroxylamine groups is 1. The van der Waals surface area contributed by atoms with Gasteiger partial charge in [0.25, 0.3) is 0 Å². The van der Waals surface area contributed by atoms with Crippen LogP contribution in [0.4, 0.5) is 0 Å². The minimum absolute atomic E-state index is 0.0614. The molecule has 0 bridgehead atoms. The van der Waals surface area contributed by atoms with Gasteiger partial charge in [-0.15, -0.1) is 4.83 Å². The summed E-state index contributed by atoms with van der Waals surface area (Å²) in [5.41, 5.74) is 3.39. The number of benzene rings is 2. The lowest BCUT2D eigenvalue weighted by Gasteiger charge is -2.14. The molecule has 2 aromatic carbocycles. The largest absolute Gasteiger partial charge is 0.488 e. The number of carbonyl (C=O) groups excluding carboxylic acids is 1. The molecular weight excluding hydrogens is 300 g/mol. The summed E-state index contributed by atoms with van der Waals surface area (Å²) >= 11 is 1.26. The van der Waals surface area contributed by atoms with E-state index in [2.05, 4.69) is 4.83 Å². The van der Waals surface area contributed by atoms with Gasteiger partial charge in [0.05, 0.1) is 11.3 Å². The van der Waals surface area contributed by atoms with Crippen molar-refractivity contribution >= 4 is 23.4 Å². The molecule has 4 rings (SSSR count). The van der Waals surface area contributed by atoms with E-state index in [0.717, 1.165) is 16.3 Å². The van der Waals surface area contributed by atoms with Crippen molar-refractivity contribution in [3.8, 4) is 5.75 Å². The maximum Gasteiger partial charge on any atom is 0.197 e. The summed E-state index contributed by atoms with van der Waals surface area (Å²) in [7, 11) is 0. The second kappa shape index (κ2) is 5.17. The van der Waals surface area contributed by atoms with Crippen LogP contribution in [0.2, 0.25) is 0 Å². The number of nitrogens with zero attached hydrogens (tertiary/aromatic N) is 1. The van der Waals surface area contributed by atoms with Gasteiger partial charge in [-0.1, -0.05) is 24.3 Å². The van der Waals surface area contributed by atoms with E-state index in [1.54, 1.807) is 17.5 Å². The Bertz CT molecular complexity index is 804. The predicted molar refractivity (Wildman–Crippen MR) is 83.0 cm³/mol. The van der Waals surface area contributed by atoms with Crippen LogP contribution in [0.5, 0.6) is 5.75 Å². The molecule has 110 valence electrons. The molecule has 0 radical (unpaired) electrons. The van der Waals surface area contributed by atoms with Gasteiger partial charge in [0.15, 0.2) is 5.78 Å². The molecule has 0 fully saturated rings. The van der Waals surface area contributed by atoms with Crippen LogP contribution in [0.3, 0.4) is 0 Å². The summed E-state index contributed by atoms with van der Waals surface area (Å²) in [6, 6.07) is 12.8. The van der Waals surface area contributed by atoms with Gasteiger partial charge in [-0.05, 0) is 30.1 Å². The fraction of sp³-hybridized carbons (Fsp3) is 0.0625. The quantitative estimate of drug-likeness (QED) is 0.790. The van der Waals surface area contributed by atoms with Crippen molar-refractivity contribution < 1.29 is 14.7 Å². The van der Waals surface area contributed by atoms with Gasteiger partial charge < -0.3 is 4.74 Å². The van der Waals surface area contributed by atoms with Gasteiger partial charge in [0, 0.05) is 22.1 Å². The van der Waals surface area contributed by atoms with E-state index in [9.17, 15) is 10.0 Å². The zero-order valence-corrected chi connectivity index (χ0v) is 12.3. The third-order valence-corrected chi connectivity index (χ3v) is 4.32. The first-order valence-corrected chi connectivity index (χ1v) is 7.62. The normalized spacial score (nSPS) is 16.5. The van der Waals surface area contributed by atoms with E-state index in [1.165, 1.54) is 11.9 Å². The molecule has 0 spiro atoms. The number of hydrogen-bond acceptors (Lipinski definition) is 6. The van der Waals surface area contributed by atoms with Crippen molar-refractivity contribution in [3.63, 3.8) is 0 Å². The zero-order valence-electron chi connectivity index (χ0n) is 11.4. The standard InChI is InChI=1S/C16H12N2O3S/c19-16-12-4-2-1-3-11(12)8-21-15-6-5-10(7-13(15)16)14-9-22-17-18(14)20/h1-7,9,17,20H,8H2. The van der Waals surface area contributed by atoms with Gasteiger partial charge in [-0.2, -0.15) is 5.17 Å². The predicted octanol–water partition coefficient (Wildman–Crippen LogP) is 2.97. The number of ether oxygens (including phenoxy) is 1. The molecule has 2 aliphatic rings. The van der Waals surface area contributed by atoms with Crippen molar-refractivity contribution in [2.75, 3.05) is 0 Å². The highest BCUT2D eigenvalue weighted by Gasteiger charge is 2.24. The molecule has 0 atom stereocenters. The molecule has 6 heteroatoms. The maximum absolute atomic E-state index is 12.8. The van der Waals surface area contributed by atoms with Crippen LogP contribution in [0.1, 0.15) is 27.0 Å². The molecule has 5 nitrogen and oxygen atoms in total. The molecule has 22 heavy (non-hydrogen) atoms. The van der Waals surface area contributed by atoms with E-state index in [1.807, 2.05) is 30.3 Å². The molecule has 2 heterocycles. The number of nitrogens with one attached hydrogen (secondary N) is 1. The second-order valence-corrected chi connectivity index (χ2v) is 5.66. The van der Waals surface area contributed by atoms with Gasteiger partial charge >= 0.3 is 0 Å². The molecule has 0 saturated heterocycles. The van der Waals surface area contributed by atoms with Crippen LogP contribution in [-0.2, 0) is 6.61 Å². The van der Waals surface area contributed by atoms with Crippen LogP contribution >= 0.6 is 11.9 Å². The SMILES string of the molecule is O=C1c2ccccc2COc2ccc(C3=CSNN3O)cc21. The highest BCUT2D eigenvalue weighted by molar-refractivity contribution is 8.00. The van der Waals surface area contributed by atoms with Crippen LogP contribution in [-0.4, -0.2) is 16.2 Å². The maximum atomic E-state index is 12.8. The summed E-state index contributed by atoms with van der Waals surface area (Å²) in [6.07, 6.45) is 0. The van der Waals surface area contributed by atoms with Gasteiger partial charge in [0.1, 0.15) is 12.4 Å². The summed E-state index contributed by atoms with van der Waals surface area (Å²) in [4.78, 5) is 15.5. The molecule has 2 aliphatic heterocycles. The molecule has 0 aliphatic carbocycles. The van der Waals surface area contributed by atoms with E-state index < -0.39 is 0 Å². The monoisotopic (exact) mass is 312 g/mol. The number of hydrazine groups is 1. The first-order chi connectivity index (χ1) is 10.7. The van der Waals surface area contributed by atoms with E-state index in [0.29, 0.717) is 29.2 Å². The Balaban J connectivity index is 1.82. The first kappa shape index (κ1) is 13.4. The Labute approximate surface area is 131 Å². The Morgan fingerprint density at radius 1 is 1.18 bits per heavy atom. The average molecular weight is 312 g/mol. The molecule has 0 saturated carbocycles. The van der Waals surface area contributed by atoms with Crippen LogP contribution < -0.4 is 9.57 Å². The highest BCUT2D eigenvalue weighted by atomic mass is 32.2. The average Bonchev–Trinajstić information content (AvgIpc) is 2.92. The number of rotatable bonds is 1. The van der Waals surface area contributed by atoms with Crippen molar-refractivity contribution in [2.45, 2.75) is 6.61 Å². The molecule has 0 aromatic heterocycles. The minimum Gasteiger partial charge on any atom is -0.488 e. The third kappa shape index (κ3) is 2.09. The van der Waals surface area contributed by atoms with Gasteiger partial charge in [0.2, 0.25) is 0 Å². The number of carbonyl (C=O) groups is 1. The summed E-state index contributed by atoms with van der Waals surface area (Å²) < 4.78 is 5.75. The summed E-state index contributed by atoms with van der Waals surface area (Å²) in [5.74, 6) is 0.502. The number of fused-ring (bicyclic) bond motifs is 2. The lowest BCUT2D eigenvalue weighted by Crippen LogP contribution is -2.23. The molecule has 2 N–H and O–H groups in total. The van der Waals surface area contributed by atoms with Crippen molar-refractivity contribution in [2.24, 2.45) is 0 Å². The fourth-order valence-electron chi connectivity index (χ4n) is 2.58. The number of hydrogen-bond donors (Lipinski definition) is 2. The van der Waals surface area contributed by atoms with Crippen molar-refractivity contribution in [3.05, 3.63) is 70.1 Å². The number of ketones is 1. The summed E-state index contributed by atoms with van der Waals surface area (Å²) in [5, 5.41) is 12.5. The van der Waals surface area contributed by atoms with Crippen LogP contribution in [0, 0.1) is 0 Å². The summed E-state index contributed by atoms with van der Waals surface area (Å²) in [6.45, 7) is 0.375. The Hall–Kier alpha value is -2.28. The molecule has 0 unspecified atom stereocenters. The lowest BCUT2D eigenvalue weighted by atomic mass is 9.97. The van der Waals surface area contributed by atoms with Crippen LogP contribution in [0.25, 0.3) is 5.70 Å². The fourth-order valence-corrected chi connectivity index (χ4v) is 3.18. The van der Waals surface area contributed by atoms with E-state index in [-0.39, 0.29) is 5.78 Å². The molecule has 2 aromatic rings. The topological polar surface area (TPSA) is 61.8 Å². The van der Waals surface area contributed by atoms with Crippen molar-refractivity contribution in [1.82, 2.24) is 10.0 Å². The minimum atomic E-state index is -0.0614. The van der Waals surface area contributed by atoms with Crippen LogP contribution in [0.15, 0.2) is 47.9 Å². The van der Waals surface area contributed by atoms with E-state index >= 15 is 0 Å². The smallest absolute Gasteiger partial charge is 0.197 e. The van der Waals surface area contributed by atoms with Gasteiger partial charge in [-0.3, -0.25) is 10.0 Å². The molecular formula is C16H12N2O3S. The Morgan fingerprint density at radius 2 is 2.05 bits per heavy atom. The zero-order chi connectivity index (χ0) is 15.1. The second-order valence-electron chi connectivity index (χ2n) is 5.01. The van der Waals surface area contributed by atoms with Crippen molar-refractivity contribution in [1.29, 1.82) is 0 Å². The Morgan fingerprint density at radius 3 is 2.86 bits per heavy atom. The van der Waals surface area contributed by atoms with E-state index in [4.69, 9.17) is 4.74 Å².